The molecule has 7 nitrogen and oxygen atoms in total. The first kappa shape index (κ1) is 21.8. The topological polar surface area (TPSA) is 92.4 Å². The number of ether oxygens (including phenoxy) is 1. The summed E-state index contributed by atoms with van der Waals surface area (Å²) in [6.45, 7) is 2.40. The van der Waals surface area contributed by atoms with Crippen LogP contribution >= 0.6 is 0 Å². The molecule has 0 spiro atoms. The van der Waals surface area contributed by atoms with Gasteiger partial charge in [-0.15, -0.1) is 0 Å². The normalized spacial score (nSPS) is 11.3. The molecule has 0 saturated carbocycles. The molecule has 31 heavy (non-hydrogen) atoms. The van der Waals surface area contributed by atoms with Gasteiger partial charge in [-0.05, 0) is 53.9 Å². The number of pyridine rings is 1. The van der Waals surface area contributed by atoms with Crippen LogP contribution in [0, 0.1) is 0 Å². The monoisotopic (exact) mass is 418 g/mol. The van der Waals surface area contributed by atoms with Crippen molar-refractivity contribution in [3.8, 4) is 5.75 Å². The molecule has 1 unspecified atom stereocenters. The Hall–Kier alpha value is -3.87. The predicted molar refractivity (Wildman–Crippen MR) is 120 cm³/mol. The third kappa shape index (κ3) is 6.30. The van der Waals surface area contributed by atoms with Crippen LogP contribution in [0.5, 0.6) is 5.75 Å². The maximum Gasteiger partial charge on any atom is 0.315 e. The summed E-state index contributed by atoms with van der Waals surface area (Å²) in [5.41, 5.74) is 3.17. The van der Waals surface area contributed by atoms with E-state index < -0.39 is 0 Å². The van der Waals surface area contributed by atoms with E-state index in [1.165, 1.54) is 0 Å². The number of carbonyl (C=O) groups excluding carboxylic acids is 2. The third-order valence-electron chi connectivity index (χ3n) is 4.84. The summed E-state index contributed by atoms with van der Waals surface area (Å²) < 4.78 is 5.18. The Balaban J connectivity index is 1.49. The van der Waals surface area contributed by atoms with Gasteiger partial charge in [0.1, 0.15) is 5.75 Å². The third-order valence-corrected chi connectivity index (χ3v) is 4.84. The summed E-state index contributed by atoms with van der Waals surface area (Å²) in [5.74, 6) is 0.584. The number of hydrogen-bond donors (Lipinski definition) is 3. The molecule has 2 aromatic carbocycles. The molecule has 3 amide bonds. The van der Waals surface area contributed by atoms with Crippen molar-refractivity contribution < 1.29 is 14.3 Å². The van der Waals surface area contributed by atoms with Crippen molar-refractivity contribution in [2.75, 3.05) is 12.4 Å². The minimum absolute atomic E-state index is 0.0864. The van der Waals surface area contributed by atoms with Crippen LogP contribution in [0.3, 0.4) is 0 Å². The van der Waals surface area contributed by atoms with Gasteiger partial charge in [-0.1, -0.05) is 31.2 Å². The number of aromatic nitrogens is 1. The summed E-state index contributed by atoms with van der Waals surface area (Å²) >= 11 is 0. The van der Waals surface area contributed by atoms with Gasteiger partial charge in [0.25, 0.3) is 5.91 Å². The van der Waals surface area contributed by atoms with Crippen molar-refractivity contribution in [1.82, 2.24) is 15.6 Å². The first-order valence-corrected chi connectivity index (χ1v) is 10.1. The molecule has 1 heterocycles. The lowest BCUT2D eigenvalue weighted by atomic mass is 10.0. The van der Waals surface area contributed by atoms with Gasteiger partial charge in [0.2, 0.25) is 0 Å². The molecule has 0 radical (unpaired) electrons. The molecular formula is C24H26N4O3. The molecule has 0 saturated heterocycles. The molecule has 3 rings (SSSR count). The lowest BCUT2D eigenvalue weighted by Crippen LogP contribution is -2.37. The van der Waals surface area contributed by atoms with Crippen LogP contribution in [0.25, 0.3) is 0 Å². The molecule has 1 aromatic heterocycles. The van der Waals surface area contributed by atoms with E-state index in [-0.39, 0.29) is 18.0 Å². The minimum Gasteiger partial charge on any atom is -0.497 e. The van der Waals surface area contributed by atoms with Crippen LogP contribution in [-0.2, 0) is 6.54 Å². The number of carbonyl (C=O) groups is 2. The number of benzene rings is 2. The SMILES string of the molecule is CCC(NC(=O)NCc1ccc(NC(=O)c2ccncc2)cc1)c1ccc(OC)cc1. The highest BCUT2D eigenvalue weighted by molar-refractivity contribution is 6.04. The molecule has 0 aliphatic heterocycles. The zero-order chi connectivity index (χ0) is 22.1. The molecule has 1 atom stereocenters. The highest BCUT2D eigenvalue weighted by atomic mass is 16.5. The molecule has 0 aliphatic carbocycles. The Bertz CT molecular complexity index is 990. The summed E-state index contributed by atoms with van der Waals surface area (Å²) in [4.78, 5) is 28.4. The molecule has 3 aromatic rings. The predicted octanol–water partition coefficient (Wildman–Crippen LogP) is 4.29. The van der Waals surface area contributed by atoms with Gasteiger partial charge in [0.15, 0.2) is 0 Å². The number of urea groups is 1. The zero-order valence-electron chi connectivity index (χ0n) is 17.6. The van der Waals surface area contributed by atoms with Crippen molar-refractivity contribution >= 4 is 17.6 Å². The van der Waals surface area contributed by atoms with E-state index in [0.717, 1.165) is 23.3 Å². The molecule has 160 valence electrons. The second-order valence-corrected chi connectivity index (χ2v) is 6.95. The maximum absolute atomic E-state index is 12.3. The van der Waals surface area contributed by atoms with Gasteiger partial charge in [-0.25, -0.2) is 4.79 Å². The van der Waals surface area contributed by atoms with E-state index in [1.807, 2.05) is 43.3 Å². The number of methoxy groups -OCH3 is 1. The van der Waals surface area contributed by atoms with Gasteiger partial charge < -0.3 is 20.7 Å². The second kappa shape index (κ2) is 10.8. The highest BCUT2D eigenvalue weighted by Gasteiger charge is 2.12. The number of nitrogens with zero attached hydrogens (tertiary/aromatic N) is 1. The standard InChI is InChI=1S/C24H26N4O3/c1-3-22(18-6-10-21(31-2)11-7-18)28-24(30)26-16-17-4-8-20(9-5-17)27-23(29)19-12-14-25-15-13-19/h4-15,22H,3,16H2,1-2H3,(H,27,29)(H2,26,28,30). The van der Waals surface area contributed by atoms with Crippen molar-refractivity contribution in [1.29, 1.82) is 0 Å². The van der Waals surface area contributed by atoms with Gasteiger partial charge in [0.05, 0.1) is 13.2 Å². The lowest BCUT2D eigenvalue weighted by Gasteiger charge is -2.18. The van der Waals surface area contributed by atoms with Gasteiger partial charge >= 0.3 is 6.03 Å². The van der Waals surface area contributed by atoms with Crippen molar-refractivity contribution in [2.45, 2.75) is 25.9 Å². The van der Waals surface area contributed by atoms with E-state index >= 15 is 0 Å². The average molecular weight is 418 g/mol. The number of amides is 3. The minimum atomic E-state index is -0.238. The van der Waals surface area contributed by atoms with Crippen LogP contribution in [0.15, 0.2) is 73.1 Å². The first-order chi connectivity index (χ1) is 15.1. The molecule has 0 bridgehead atoms. The fraction of sp³-hybridized carbons (Fsp3) is 0.208. The molecule has 3 N–H and O–H groups in total. The molecule has 0 aliphatic rings. The summed E-state index contributed by atoms with van der Waals surface area (Å²) in [7, 11) is 1.62. The van der Waals surface area contributed by atoms with Gasteiger partial charge in [-0.3, -0.25) is 9.78 Å². The Labute approximate surface area is 181 Å². The number of hydrogen-bond acceptors (Lipinski definition) is 4. The number of anilines is 1. The first-order valence-electron chi connectivity index (χ1n) is 10.1. The molecule has 7 heteroatoms. The quantitative estimate of drug-likeness (QED) is 0.509. The smallest absolute Gasteiger partial charge is 0.315 e. The van der Waals surface area contributed by atoms with Crippen LogP contribution in [0.1, 0.15) is 40.9 Å². The fourth-order valence-corrected chi connectivity index (χ4v) is 3.06. The fourth-order valence-electron chi connectivity index (χ4n) is 3.06. The lowest BCUT2D eigenvalue weighted by molar-refractivity contribution is 0.102. The Morgan fingerprint density at radius 2 is 1.65 bits per heavy atom. The van der Waals surface area contributed by atoms with Crippen LogP contribution < -0.4 is 20.7 Å². The van der Waals surface area contributed by atoms with E-state index in [4.69, 9.17) is 4.74 Å². The number of rotatable bonds is 8. The van der Waals surface area contributed by atoms with Crippen molar-refractivity contribution in [3.05, 3.63) is 89.7 Å². The van der Waals surface area contributed by atoms with E-state index in [0.29, 0.717) is 17.8 Å². The second-order valence-electron chi connectivity index (χ2n) is 6.95. The van der Waals surface area contributed by atoms with E-state index in [2.05, 4.69) is 20.9 Å². The van der Waals surface area contributed by atoms with E-state index in [9.17, 15) is 9.59 Å². The molecule has 0 fully saturated rings. The van der Waals surface area contributed by atoms with Gasteiger partial charge in [-0.2, -0.15) is 0 Å². The Kier molecular flexibility index (Phi) is 7.59. The highest BCUT2D eigenvalue weighted by Crippen LogP contribution is 2.20. The molecular weight excluding hydrogens is 392 g/mol. The van der Waals surface area contributed by atoms with Crippen molar-refractivity contribution in [3.63, 3.8) is 0 Å². The Morgan fingerprint density at radius 3 is 2.26 bits per heavy atom. The average Bonchev–Trinajstić information content (AvgIpc) is 2.82. The summed E-state index contributed by atoms with van der Waals surface area (Å²) in [6, 6.07) is 18.0. The van der Waals surface area contributed by atoms with Crippen LogP contribution in [-0.4, -0.2) is 24.0 Å². The van der Waals surface area contributed by atoms with E-state index in [1.54, 1.807) is 43.8 Å². The largest absolute Gasteiger partial charge is 0.497 e. The summed E-state index contributed by atoms with van der Waals surface area (Å²) in [5, 5.41) is 8.70. The zero-order valence-corrected chi connectivity index (χ0v) is 17.6. The van der Waals surface area contributed by atoms with Crippen molar-refractivity contribution in [2.24, 2.45) is 0 Å². The summed E-state index contributed by atoms with van der Waals surface area (Å²) in [6.07, 6.45) is 3.92. The maximum atomic E-state index is 12.3. The van der Waals surface area contributed by atoms with Crippen LogP contribution in [0.4, 0.5) is 10.5 Å². The Morgan fingerprint density at radius 1 is 0.968 bits per heavy atom. The van der Waals surface area contributed by atoms with Crippen LogP contribution in [0.2, 0.25) is 0 Å². The van der Waals surface area contributed by atoms with Gasteiger partial charge in [0, 0.05) is 30.2 Å². The number of nitrogens with one attached hydrogen (secondary N) is 3.